The Morgan fingerprint density at radius 3 is 2.50 bits per heavy atom. The molecule has 110 valence electrons. The molecule has 1 aromatic rings. The number of nitrogens with zero attached hydrogens (tertiary/aromatic N) is 1. The molecule has 1 N–H and O–H groups in total. The second-order valence-electron chi connectivity index (χ2n) is 6.46. The zero-order valence-electron chi connectivity index (χ0n) is 11.9. The van der Waals surface area contributed by atoms with Crippen molar-refractivity contribution in [1.82, 2.24) is 0 Å². The molecule has 0 aliphatic carbocycles. The summed E-state index contributed by atoms with van der Waals surface area (Å²) >= 11 is 1.45. The molecule has 2 atom stereocenters. The first-order chi connectivity index (χ1) is 9.10. The zero-order chi connectivity index (χ0) is 15.2. The van der Waals surface area contributed by atoms with Crippen LogP contribution in [0.5, 0.6) is 0 Å². The summed E-state index contributed by atoms with van der Waals surface area (Å²) in [6.45, 7) is 6.24. The second kappa shape index (κ2) is 4.83. The van der Waals surface area contributed by atoms with Gasteiger partial charge >= 0.3 is 0 Å². The van der Waals surface area contributed by atoms with E-state index in [2.05, 4.69) is 26.8 Å². The second-order valence-corrected chi connectivity index (χ2v) is 9.76. The molecular weight excluding hydrogens is 294 g/mol. The molecule has 1 aromatic heterocycles. The fourth-order valence-electron chi connectivity index (χ4n) is 2.41. The minimum absolute atomic E-state index is 0.0187. The van der Waals surface area contributed by atoms with Crippen molar-refractivity contribution in [2.75, 3.05) is 11.5 Å². The lowest BCUT2D eigenvalue weighted by Gasteiger charge is -2.24. The molecule has 0 spiro atoms. The maximum atomic E-state index is 11.6. The zero-order valence-corrected chi connectivity index (χ0v) is 13.5. The van der Waals surface area contributed by atoms with E-state index < -0.39 is 21.4 Å². The average Bonchev–Trinajstić information content (AvgIpc) is 2.92. The Labute approximate surface area is 124 Å². The monoisotopic (exact) mass is 313 g/mol. The van der Waals surface area contributed by atoms with E-state index in [1.807, 2.05) is 6.07 Å². The molecule has 6 heteroatoms. The molecule has 0 amide bonds. The van der Waals surface area contributed by atoms with Gasteiger partial charge in [-0.3, -0.25) is 0 Å². The Bertz CT molecular complexity index is 649. The molecule has 1 saturated heterocycles. The Morgan fingerprint density at radius 1 is 1.45 bits per heavy atom. The van der Waals surface area contributed by atoms with Crippen LogP contribution in [-0.4, -0.2) is 25.0 Å². The molecule has 0 radical (unpaired) electrons. The van der Waals surface area contributed by atoms with Crippen LogP contribution in [0, 0.1) is 16.7 Å². The third kappa shape index (κ3) is 2.76. The number of hydrogen-bond donors (Lipinski definition) is 1. The minimum Gasteiger partial charge on any atom is -0.386 e. The van der Waals surface area contributed by atoms with Gasteiger partial charge in [0.2, 0.25) is 0 Å². The van der Waals surface area contributed by atoms with Crippen molar-refractivity contribution in [1.29, 1.82) is 5.26 Å². The highest BCUT2D eigenvalue weighted by molar-refractivity contribution is 7.91. The van der Waals surface area contributed by atoms with Gasteiger partial charge in [-0.1, -0.05) is 20.8 Å². The highest BCUT2D eigenvalue weighted by Gasteiger charge is 2.49. The summed E-state index contributed by atoms with van der Waals surface area (Å²) in [5.41, 5.74) is -1.22. The lowest BCUT2D eigenvalue weighted by atomic mass is 9.82. The van der Waals surface area contributed by atoms with Gasteiger partial charge in [0.1, 0.15) is 11.5 Å². The van der Waals surface area contributed by atoms with Crippen LogP contribution in [0.3, 0.4) is 0 Å². The van der Waals surface area contributed by atoms with Crippen molar-refractivity contribution in [2.45, 2.75) is 38.7 Å². The van der Waals surface area contributed by atoms with Gasteiger partial charge < -0.3 is 5.11 Å². The predicted molar refractivity (Wildman–Crippen MR) is 79.3 cm³/mol. The Balaban J connectivity index is 2.34. The van der Waals surface area contributed by atoms with Gasteiger partial charge in [-0.25, -0.2) is 8.42 Å². The molecule has 1 aliphatic rings. The normalized spacial score (nSPS) is 27.1. The van der Waals surface area contributed by atoms with Crippen molar-refractivity contribution in [3.63, 3.8) is 0 Å². The van der Waals surface area contributed by atoms with Crippen molar-refractivity contribution in [3.05, 3.63) is 21.9 Å². The summed E-state index contributed by atoms with van der Waals surface area (Å²) in [7, 11) is -3.22. The van der Waals surface area contributed by atoms with Crippen LogP contribution in [0.25, 0.3) is 0 Å². The van der Waals surface area contributed by atoms with Crippen LogP contribution >= 0.6 is 11.3 Å². The van der Waals surface area contributed by atoms with Crippen molar-refractivity contribution >= 4 is 21.2 Å². The van der Waals surface area contributed by atoms with Gasteiger partial charge in [0.25, 0.3) is 0 Å². The third-order valence-corrected chi connectivity index (χ3v) is 7.06. The summed E-state index contributed by atoms with van der Waals surface area (Å²) in [5, 5.41) is 19.9. The minimum atomic E-state index is -3.22. The first kappa shape index (κ1) is 15.5. The maximum Gasteiger partial charge on any atom is 0.152 e. The number of rotatable bonds is 2. The molecule has 0 saturated carbocycles. The smallest absolute Gasteiger partial charge is 0.152 e. The summed E-state index contributed by atoms with van der Waals surface area (Å²) < 4.78 is 23.3. The van der Waals surface area contributed by atoms with Gasteiger partial charge in [-0.15, -0.1) is 11.3 Å². The summed E-state index contributed by atoms with van der Waals surface area (Å²) in [6, 6.07) is 5.80. The van der Waals surface area contributed by atoms with E-state index >= 15 is 0 Å². The number of thiophene rings is 1. The van der Waals surface area contributed by atoms with E-state index in [1.165, 1.54) is 11.3 Å². The van der Waals surface area contributed by atoms with Gasteiger partial charge in [0, 0.05) is 9.75 Å². The van der Waals surface area contributed by atoms with E-state index in [9.17, 15) is 18.8 Å². The van der Waals surface area contributed by atoms with Crippen LogP contribution in [0.2, 0.25) is 0 Å². The van der Waals surface area contributed by atoms with E-state index in [-0.39, 0.29) is 23.3 Å². The SMILES string of the molecule is CC(C)(C)c1ccc(C(O)C2(C#N)CCS(=O)(=O)C2)s1. The fraction of sp³-hybridized carbons (Fsp3) is 0.643. The molecular formula is C14H19NO3S2. The largest absolute Gasteiger partial charge is 0.386 e. The van der Waals surface area contributed by atoms with Gasteiger partial charge in [-0.2, -0.15) is 5.26 Å². The molecule has 2 unspecified atom stereocenters. The molecule has 1 aliphatic heterocycles. The summed E-state index contributed by atoms with van der Waals surface area (Å²) in [5.74, 6) is -0.268. The number of hydrogen-bond acceptors (Lipinski definition) is 5. The van der Waals surface area contributed by atoms with Crippen LogP contribution in [-0.2, 0) is 15.3 Å². The number of nitriles is 1. The summed E-state index contributed by atoms with van der Waals surface area (Å²) in [4.78, 5) is 1.79. The molecule has 0 bridgehead atoms. The molecule has 20 heavy (non-hydrogen) atoms. The standard InChI is InChI=1S/C14H19NO3S2/c1-13(2,3)11-5-4-10(19-11)12(16)14(8-15)6-7-20(17,18)9-14/h4-5,12,16H,6-7,9H2,1-3H3. The Morgan fingerprint density at radius 2 is 2.10 bits per heavy atom. The van der Waals surface area contributed by atoms with Gasteiger partial charge in [0.05, 0.1) is 17.6 Å². The highest BCUT2D eigenvalue weighted by Crippen LogP contribution is 2.45. The summed E-state index contributed by atoms with van der Waals surface area (Å²) in [6.07, 6.45) is -0.832. The van der Waals surface area contributed by atoms with Gasteiger partial charge in [0.15, 0.2) is 9.84 Å². The first-order valence-electron chi connectivity index (χ1n) is 6.50. The topological polar surface area (TPSA) is 78.2 Å². The number of aliphatic hydroxyl groups excluding tert-OH is 1. The maximum absolute atomic E-state index is 11.6. The van der Waals surface area contributed by atoms with E-state index in [0.717, 1.165) is 4.88 Å². The molecule has 1 fully saturated rings. The molecule has 0 aromatic carbocycles. The molecule has 2 rings (SSSR count). The van der Waals surface area contributed by atoms with Gasteiger partial charge in [-0.05, 0) is 24.0 Å². The van der Waals surface area contributed by atoms with Crippen LogP contribution in [0.15, 0.2) is 12.1 Å². The quantitative estimate of drug-likeness (QED) is 0.909. The van der Waals surface area contributed by atoms with Crippen LogP contribution < -0.4 is 0 Å². The number of sulfone groups is 1. The Hall–Kier alpha value is -0.900. The van der Waals surface area contributed by atoms with Crippen molar-refractivity contribution < 1.29 is 13.5 Å². The highest BCUT2D eigenvalue weighted by atomic mass is 32.2. The Kier molecular flexibility index (Phi) is 3.74. The molecule has 4 nitrogen and oxygen atoms in total. The average molecular weight is 313 g/mol. The van der Waals surface area contributed by atoms with Crippen LogP contribution in [0.4, 0.5) is 0 Å². The number of aliphatic hydroxyl groups is 1. The first-order valence-corrected chi connectivity index (χ1v) is 9.13. The predicted octanol–water partition coefficient (Wildman–Crippen LogP) is 2.41. The van der Waals surface area contributed by atoms with Crippen LogP contribution in [0.1, 0.15) is 43.1 Å². The van der Waals surface area contributed by atoms with E-state index in [0.29, 0.717) is 4.88 Å². The van der Waals surface area contributed by atoms with E-state index in [1.54, 1.807) is 6.07 Å². The van der Waals surface area contributed by atoms with Crippen molar-refractivity contribution in [3.8, 4) is 6.07 Å². The molecule has 2 heterocycles. The third-order valence-electron chi connectivity index (χ3n) is 3.72. The van der Waals surface area contributed by atoms with E-state index in [4.69, 9.17) is 0 Å². The lowest BCUT2D eigenvalue weighted by Crippen LogP contribution is -2.28. The van der Waals surface area contributed by atoms with Crippen molar-refractivity contribution in [2.24, 2.45) is 5.41 Å². The lowest BCUT2D eigenvalue weighted by molar-refractivity contribution is 0.0826. The fourth-order valence-corrected chi connectivity index (χ4v) is 5.56.